The molecule has 2 aromatic carbocycles. The summed E-state index contributed by atoms with van der Waals surface area (Å²) in [5.41, 5.74) is 2.88. The second kappa shape index (κ2) is 7.02. The zero-order chi connectivity index (χ0) is 17.8. The highest BCUT2D eigenvalue weighted by atomic mass is 16.5. The molecule has 5 heteroatoms. The topological polar surface area (TPSA) is 72.2 Å². The van der Waals surface area contributed by atoms with Gasteiger partial charge in [-0.1, -0.05) is 30.3 Å². The lowest BCUT2D eigenvalue weighted by molar-refractivity contribution is 0.0596. The van der Waals surface area contributed by atoms with Gasteiger partial charge in [0.2, 0.25) is 0 Å². The monoisotopic (exact) mass is 332 g/mol. The summed E-state index contributed by atoms with van der Waals surface area (Å²) in [7, 11) is 1.34. The lowest BCUT2D eigenvalue weighted by Crippen LogP contribution is -2.13. The van der Waals surface area contributed by atoms with Crippen molar-refractivity contribution in [2.45, 2.75) is 13.5 Å². The maximum absolute atomic E-state index is 12.3. The lowest BCUT2D eigenvalue weighted by atomic mass is 10.0. The third-order valence-corrected chi connectivity index (χ3v) is 3.99. The van der Waals surface area contributed by atoms with Gasteiger partial charge in [0.15, 0.2) is 0 Å². The minimum atomic E-state index is -0.456. The van der Waals surface area contributed by atoms with Crippen molar-refractivity contribution in [3.05, 3.63) is 70.9 Å². The van der Waals surface area contributed by atoms with Gasteiger partial charge in [-0.2, -0.15) is 5.26 Å². The third-order valence-electron chi connectivity index (χ3n) is 3.99. The van der Waals surface area contributed by atoms with Crippen LogP contribution in [-0.4, -0.2) is 18.1 Å². The molecule has 0 bridgehead atoms. The van der Waals surface area contributed by atoms with E-state index < -0.39 is 5.97 Å². The van der Waals surface area contributed by atoms with Crippen molar-refractivity contribution in [1.29, 1.82) is 5.26 Å². The molecule has 0 saturated heterocycles. The third kappa shape index (κ3) is 3.15. The number of aromatic nitrogens is 1. The number of methoxy groups -OCH3 is 1. The molecule has 0 N–H and O–H groups in total. The Morgan fingerprint density at radius 2 is 1.88 bits per heavy atom. The highest BCUT2D eigenvalue weighted by Gasteiger charge is 2.20. The number of benzene rings is 2. The Labute approximate surface area is 145 Å². The molecule has 3 rings (SSSR count). The average Bonchev–Trinajstić information content (AvgIpc) is 2.66. The zero-order valence-electron chi connectivity index (χ0n) is 13.9. The summed E-state index contributed by atoms with van der Waals surface area (Å²) in [6.07, 6.45) is 0. The number of hydrogen-bond acceptors (Lipinski definition) is 5. The molecular weight excluding hydrogens is 316 g/mol. The number of ether oxygens (including phenoxy) is 2. The molecule has 0 aliphatic rings. The van der Waals surface area contributed by atoms with Gasteiger partial charge in [0.1, 0.15) is 18.4 Å². The molecule has 0 aliphatic heterocycles. The number of fused-ring (bicyclic) bond motifs is 1. The van der Waals surface area contributed by atoms with E-state index in [9.17, 15) is 4.79 Å². The van der Waals surface area contributed by atoms with E-state index >= 15 is 0 Å². The van der Waals surface area contributed by atoms with Crippen LogP contribution in [0.25, 0.3) is 10.9 Å². The normalized spacial score (nSPS) is 10.3. The summed E-state index contributed by atoms with van der Waals surface area (Å²) in [4.78, 5) is 16.8. The minimum Gasteiger partial charge on any atom is -0.486 e. The van der Waals surface area contributed by atoms with E-state index in [1.807, 2.05) is 31.2 Å². The molecule has 0 saturated carbocycles. The summed E-state index contributed by atoms with van der Waals surface area (Å²) in [6, 6.07) is 16.6. The zero-order valence-corrected chi connectivity index (χ0v) is 13.9. The molecular formula is C20H16N2O3. The van der Waals surface area contributed by atoms with E-state index in [1.165, 1.54) is 7.11 Å². The minimum absolute atomic E-state index is 0.0643. The van der Waals surface area contributed by atoms with E-state index in [-0.39, 0.29) is 6.61 Å². The van der Waals surface area contributed by atoms with Gasteiger partial charge in [0, 0.05) is 5.39 Å². The molecule has 5 nitrogen and oxygen atoms in total. The summed E-state index contributed by atoms with van der Waals surface area (Å²) >= 11 is 0. The second-order valence-corrected chi connectivity index (χ2v) is 5.46. The van der Waals surface area contributed by atoms with Crippen molar-refractivity contribution >= 4 is 16.9 Å². The molecule has 0 unspecified atom stereocenters. The van der Waals surface area contributed by atoms with E-state index in [1.54, 1.807) is 24.3 Å². The lowest BCUT2D eigenvalue weighted by Gasteiger charge is -2.14. The Morgan fingerprint density at radius 1 is 1.16 bits per heavy atom. The van der Waals surface area contributed by atoms with Crippen LogP contribution in [0.5, 0.6) is 5.75 Å². The Bertz CT molecular complexity index is 990. The number of pyridine rings is 1. The molecule has 25 heavy (non-hydrogen) atoms. The molecule has 0 atom stereocenters. The number of hydrogen-bond donors (Lipinski definition) is 0. The Balaban J connectivity index is 2.05. The molecule has 3 aromatic rings. The first-order valence-corrected chi connectivity index (χ1v) is 7.74. The SMILES string of the molecule is COC(=O)c1c(COc2ccccc2C#N)nc2ccccc2c1C. The smallest absolute Gasteiger partial charge is 0.340 e. The fourth-order valence-electron chi connectivity index (χ4n) is 2.75. The number of carbonyl (C=O) groups is 1. The van der Waals surface area contributed by atoms with Crippen LogP contribution in [0.1, 0.15) is 27.2 Å². The Kier molecular flexibility index (Phi) is 4.62. The summed E-state index contributed by atoms with van der Waals surface area (Å²) < 4.78 is 10.7. The summed E-state index contributed by atoms with van der Waals surface area (Å²) in [5, 5.41) is 10.1. The highest BCUT2D eigenvalue weighted by molar-refractivity contribution is 5.98. The quantitative estimate of drug-likeness (QED) is 0.680. The molecule has 1 heterocycles. The van der Waals surface area contributed by atoms with Gasteiger partial charge >= 0.3 is 5.97 Å². The molecule has 1 aromatic heterocycles. The number of aryl methyl sites for hydroxylation is 1. The highest BCUT2D eigenvalue weighted by Crippen LogP contribution is 2.25. The van der Waals surface area contributed by atoms with Crippen LogP contribution < -0.4 is 4.74 Å². The predicted octanol–water partition coefficient (Wildman–Crippen LogP) is 3.78. The van der Waals surface area contributed by atoms with Gasteiger partial charge in [0.25, 0.3) is 0 Å². The maximum Gasteiger partial charge on any atom is 0.340 e. The molecule has 0 aliphatic carbocycles. The number of nitrogens with zero attached hydrogens (tertiary/aromatic N) is 2. The summed E-state index contributed by atoms with van der Waals surface area (Å²) in [5.74, 6) is -0.00338. The summed E-state index contributed by atoms with van der Waals surface area (Å²) in [6.45, 7) is 1.93. The van der Waals surface area contributed by atoms with E-state index in [2.05, 4.69) is 11.1 Å². The van der Waals surface area contributed by atoms with E-state index in [4.69, 9.17) is 14.7 Å². The van der Waals surface area contributed by atoms with E-state index in [0.29, 0.717) is 22.6 Å². The van der Waals surface area contributed by atoms with Gasteiger partial charge in [0.05, 0.1) is 29.4 Å². The number of carbonyl (C=O) groups excluding carboxylic acids is 1. The number of rotatable bonds is 4. The number of para-hydroxylation sites is 2. The van der Waals surface area contributed by atoms with Crippen LogP contribution in [0.15, 0.2) is 48.5 Å². The fourth-order valence-corrected chi connectivity index (χ4v) is 2.75. The van der Waals surface area contributed by atoms with Crippen LogP contribution in [0.2, 0.25) is 0 Å². The largest absolute Gasteiger partial charge is 0.486 e. The van der Waals surface area contributed by atoms with Gasteiger partial charge in [-0.05, 0) is 30.7 Å². The van der Waals surface area contributed by atoms with Crippen molar-refractivity contribution in [3.8, 4) is 11.8 Å². The molecule has 0 fully saturated rings. The van der Waals surface area contributed by atoms with Crippen LogP contribution in [0.4, 0.5) is 0 Å². The van der Waals surface area contributed by atoms with Crippen LogP contribution >= 0.6 is 0 Å². The number of nitriles is 1. The second-order valence-electron chi connectivity index (χ2n) is 5.46. The Hall–Kier alpha value is -3.39. The molecule has 124 valence electrons. The molecule has 0 spiro atoms. The first kappa shape index (κ1) is 16.5. The van der Waals surface area contributed by atoms with Crippen LogP contribution in [0.3, 0.4) is 0 Å². The van der Waals surface area contributed by atoms with Gasteiger partial charge in [-0.15, -0.1) is 0 Å². The molecule has 0 radical (unpaired) electrons. The van der Waals surface area contributed by atoms with Crippen molar-refractivity contribution in [1.82, 2.24) is 4.98 Å². The van der Waals surface area contributed by atoms with Crippen molar-refractivity contribution in [2.75, 3.05) is 7.11 Å². The van der Waals surface area contributed by atoms with Crippen LogP contribution in [0, 0.1) is 18.3 Å². The maximum atomic E-state index is 12.3. The van der Waals surface area contributed by atoms with Crippen molar-refractivity contribution in [3.63, 3.8) is 0 Å². The predicted molar refractivity (Wildman–Crippen MR) is 93.3 cm³/mol. The first-order chi connectivity index (χ1) is 12.2. The van der Waals surface area contributed by atoms with Crippen molar-refractivity contribution < 1.29 is 14.3 Å². The standard InChI is InChI=1S/C20H16N2O3/c1-13-15-8-4-5-9-16(15)22-17(19(13)20(23)24-2)12-25-18-10-6-3-7-14(18)11-21/h3-10H,12H2,1-2H3. The van der Waals surface area contributed by atoms with Crippen LogP contribution in [-0.2, 0) is 11.3 Å². The van der Waals surface area contributed by atoms with Crippen molar-refractivity contribution in [2.24, 2.45) is 0 Å². The average molecular weight is 332 g/mol. The Morgan fingerprint density at radius 3 is 2.64 bits per heavy atom. The van der Waals surface area contributed by atoms with Gasteiger partial charge in [-0.3, -0.25) is 0 Å². The number of esters is 1. The van der Waals surface area contributed by atoms with Gasteiger partial charge < -0.3 is 9.47 Å². The first-order valence-electron chi connectivity index (χ1n) is 7.74. The fraction of sp³-hybridized carbons (Fsp3) is 0.150. The van der Waals surface area contributed by atoms with E-state index in [0.717, 1.165) is 16.5 Å². The van der Waals surface area contributed by atoms with Gasteiger partial charge in [-0.25, -0.2) is 9.78 Å². The molecule has 0 amide bonds.